The van der Waals surface area contributed by atoms with Crippen LogP contribution in [0.4, 0.5) is 5.69 Å². The van der Waals surface area contributed by atoms with Gasteiger partial charge < -0.3 is 10.5 Å². The van der Waals surface area contributed by atoms with Gasteiger partial charge in [-0.15, -0.1) is 0 Å². The highest BCUT2D eigenvalue weighted by Gasteiger charge is 2.12. The molecule has 1 heterocycles. The number of anilines is 1. The molecular formula is C14H13BrN2O2. The minimum atomic E-state index is -0.381. The highest BCUT2D eigenvalue weighted by molar-refractivity contribution is 9.10. The molecule has 2 N–H and O–H groups in total. The Morgan fingerprint density at radius 2 is 2.00 bits per heavy atom. The topological polar surface area (TPSA) is 65.2 Å². The lowest BCUT2D eigenvalue weighted by molar-refractivity contribution is 0.0508. The van der Waals surface area contributed by atoms with E-state index in [4.69, 9.17) is 10.5 Å². The minimum absolute atomic E-state index is 0.323. The van der Waals surface area contributed by atoms with E-state index in [0.29, 0.717) is 28.8 Å². The van der Waals surface area contributed by atoms with Gasteiger partial charge in [0.1, 0.15) is 0 Å². The molecule has 0 amide bonds. The lowest BCUT2D eigenvalue weighted by atomic mass is 10.2. The van der Waals surface area contributed by atoms with Crippen LogP contribution >= 0.6 is 15.9 Å². The van der Waals surface area contributed by atoms with E-state index in [2.05, 4.69) is 20.9 Å². The van der Waals surface area contributed by atoms with Crippen LogP contribution in [0.1, 0.15) is 15.9 Å². The van der Waals surface area contributed by atoms with Crippen LogP contribution in [0.25, 0.3) is 0 Å². The zero-order valence-electron chi connectivity index (χ0n) is 10.2. The summed E-state index contributed by atoms with van der Waals surface area (Å²) in [6.45, 7) is 0.323. The second kappa shape index (κ2) is 6.33. The molecule has 0 aliphatic heterocycles. The van der Waals surface area contributed by atoms with Crippen molar-refractivity contribution < 1.29 is 9.53 Å². The molecule has 0 spiro atoms. The van der Waals surface area contributed by atoms with E-state index in [1.54, 1.807) is 30.6 Å². The summed E-state index contributed by atoms with van der Waals surface area (Å²) in [5.41, 5.74) is 7.75. The number of esters is 1. The van der Waals surface area contributed by atoms with Crippen LogP contribution in [-0.2, 0) is 11.2 Å². The van der Waals surface area contributed by atoms with Gasteiger partial charge in [0.25, 0.3) is 0 Å². The highest BCUT2D eigenvalue weighted by Crippen LogP contribution is 2.24. The molecule has 0 saturated carbocycles. The van der Waals surface area contributed by atoms with Gasteiger partial charge in [0.15, 0.2) is 0 Å². The maximum atomic E-state index is 11.9. The number of halogens is 1. The summed E-state index contributed by atoms with van der Waals surface area (Å²) < 4.78 is 5.80. The summed E-state index contributed by atoms with van der Waals surface area (Å²) in [4.78, 5) is 15.8. The smallest absolute Gasteiger partial charge is 0.339 e. The monoisotopic (exact) mass is 320 g/mol. The molecule has 0 atom stereocenters. The van der Waals surface area contributed by atoms with Gasteiger partial charge in [-0.05, 0) is 45.8 Å². The first-order valence-electron chi connectivity index (χ1n) is 5.78. The summed E-state index contributed by atoms with van der Waals surface area (Å²) in [6.07, 6.45) is 4.09. The third-order valence-corrected chi connectivity index (χ3v) is 3.51. The van der Waals surface area contributed by atoms with Gasteiger partial charge in [-0.3, -0.25) is 4.98 Å². The number of carbonyl (C=O) groups is 1. The fourth-order valence-corrected chi connectivity index (χ4v) is 2.02. The zero-order chi connectivity index (χ0) is 13.7. The highest BCUT2D eigenvalue weighted by atomic mass is 79.9. The Morgan fingerprint density at radius 1 is 1.26 bits per heavy atom. The van der Waals surface area contributed by atoms with Crippen molar-refractivity contribution in [3.05, 3.63) is 58.3 Å². The van der Waals surface area contributed by atoms with Crippen molar-refractivity contribution in [2.45, 2.75) is 6.42 Å². The largest absolute Gasteiger partial charge is 0.462 e. The van der Waals surface area contributed by atoms with Crippen molar-refractivity contribution in [3.63, 3.8) is 0 Å². The standard InChI is InChI=1S/C14H13BrN2O2/c15-13-11(2-1-3-12(13)16)14(18)19-9-6-10-4-7-17-8-5-10/h1-5,7-8H,6,9,16H2. The number of nitrogen functional groups attached to an aromatic ring is 1. The van der Waals surface area contributed by atoms with Crippen molar-refractivity contribution in [1.82, 2.24) is 4.98 Å². The van der Waals surface area contributed by atoms with Gasteiger partial charge in [-0.25, -0.2) is 4.79 Å². The first-order valence-corrected chi connectivity index (χ1v) is 6.58. The zero-order valence-corrected chi connectivity index (χ0v) is 11.8. The molecule has 0 saturated heterocycles. The molecule has 0 radical (unpaired) electrons. The second-order valence-electron chi connectivity index (χ2n) is 3.95. The maximum Gasteiger partial charge on any atom is 0.339 e. The predicted molar refractivity (Wildman–Crippen MR) is 76.8 cm³/mol. The number of rotatable bonds is 4. The summed E-state index contributed by atoms with van der Waals surface area (Å²) in [5, 5.41) is 0. The number of aromatic nitrogens is 1. The fourth-order valence-electron chi connectivity index (χ4n) is 1.60. The molecule has 19 heavy (non-hydrogen) atoms. The van der Waals surface area contributed by atoms with Gasteiger partial charge in [-0.1, -0.05) is 6.07 Å². The SMILES string of the molecule is Nc1cccc(C(=O)OCCc2ccncc2)c1Br. The molecule has 98 valence electrons. The number of nitrogens with two attached hydrogens (primary N) is 1. The van der Waals surface area contributed by atoms with Gasteiger partial charge in [0.2, 0.25) is 0 Å². The number of nitrogens with zero attached hydrogens (tertiary/aromatic N) is 1. The Hall–Kier alpha value is -1.88. The molecule has 2 aromatic rings. The van der Waals surface area contributed by atoms with Crippen LogP contribution in [-0.4, -0.2) is 17.6 Å². The number of ether oxygens (including phenoxy) is 1. The molecule has 2 rings (SSSR count). The van der Waals surface area contributed by atoms with Gasteiger partial charge in [0.05, 0.1) is 16.6 Å². The van der Waals surface area contributed by atoms with E-state index < -0.39 is 0 Å². The predicted octanol–water partition coefficient (Wildman–Crippen LogP) is 2.83. The molecular weight excluding hydrogens is 308 g/mol. The lowest BCUT2D eigenvalue weighted by Gasteiger charge is -2.07. The van der Waals surface area contributed by atoms with Gasteiger partial charge >= 0.3 is 5.97 Å². The molecule has 5 heteroatoms. The average molecular weight is 321 g/mol. The number of hydrogen-bond donors (Lipinski definition) is 1. The van der Waals surface area contributed by atoms with Crippen molar-refractivity contribution >= 4 is 27.6 Å². The van der Waals surface area contributed by atoms with E-state index >= 15 is 0 Å². The minimum Gasteiger partial charge on any atom is -0.462 e. The average Bonchev–Trinajstić information content (AvgIpc) is 2.43. The van der Waals surface area contributed by atoms with Crippen LogP contribution in [0.3, 0.4) is 0 Å². The van der Waals surface area contributed by atoms with Crippen molar-refractivity contribution in [2.75, 3.05) is 12.3 Å². The van der Waals surface area contributed by atoms with Crippen LogP contribution in [0.15, 0.2) is 47.2 Å². The first kappa shape index (κ1) is 13.5. The number of benzene rings is 1. The van der Waals surface area contributed by atoms with Gasteiger partial charge in [-0.2, -0.15) is 0 Å². The summed E-state index contributed by atoms with van der Waals surface area (Å²) in [5.74, 6) is -0.381. The molecule has 0 bridgehead atoms. The Kier molecular flexibility index (Phi) is 4.52. The fraction of sp³-hybridized carbons (Fsp3) is 0.143. The third kappa shape index (κ3) is 3.54. The summed E-state index contributed by atoms with van der Waals surface area (Å²) in [7, 11) is 0. The number of pyridine rings is 1. The molecule has 4 nitrogen and oxygen atoms in total. The van der Waals surface area contributed by atoms with Crippen molar-refractivity contribution in [3.8, 4) is 0 Å². The Morgan fingerprint density at radius 3 is 2.74 bits per heavy atom. The maximum absolute atomic E-state index is 11.9. The number of carbonyl (C=O) groups excluding carboxylic acids is 1. The Labute approximate surface area is 119 Å². The van der Waals surface area contributed by atoms with E-state index in [-0.39, 0.29) is 5.97 Å². The third-order valence-electron chi connectivity index (χ3n) is 2.62. The van der Waals surface area contributed by atoms with Crippen molar-refractivity contribution in [2.24, 2.45) is 0 Å². The summed E-state index contributed by atoms with van der Waals surface area (Å²) >= 11 is 3.28. The lowest BCUT2D eigenvalue weighted by Crippen LogP contribution is -2.09. The van der Waals surface area contributed by atoms with Crippen LogP contribution < -0.4 is 5.73 Å². The van der Waals surface area contributed by atoms with Crippen LogP contribution in [0.2, 0.25) is 0 Å². The normalized spacial score (nSPS) is 10.2. The van der Waals surface area contributed by atoms with Crippen molar-refractivity contribution in [1.29, 1.82) is 0 Å². The molecule has 0 aliphatic rings. The van der Waals surface area contributed by atoms with Crippen LogP contribution in [0, 0.1) is 0 Å². The molecule has 0 fully saturated rings. The van der Waals surface area contributed by atoms with Crippen LogP contribution in [0.5, 0.6) is 0 Å². The van der Waals surface area contributed by atoms with E-state index in [9.17, 15) is 4.79 Å². The molecule has 0 aliphatic carbocycles. The summed E-state index contributed by atoms with van der Waals surface area (Å²) in [6, 6.07) is 8.90. The Balaban J connectivity index is 1.93. The molecule has 1 aromatic carbocycles. The second-order valence-corrected chi connectivity index (χ2v) is 4.74. The van der Waals surface area contributed by atoms with E-state index in [1.807, 2.05) is 12.1 Å². The van der Waals surface area contributed by atoms with Gasteiger partial charge in [0, 0.05) is 24.5 Å². The Bertz CT molecular complexity index is 573. The van der Waals surface area contributed by atoms with E-state index in [0.717, 1.165) is 5.56 Å². The molecule has 1 aromatic heterocycles. The molecule has 0 unspecified atom stereocenters. The number of hydrogen-bond acceptors (Lipinski definition) is 4. The first-order chi connectivity index (χ1) is 9.18. The van der Waals surface area contributed by atoms with E-state index in [1.165, 1.54) is 0 Å². The quantitative estimate of drug-likeness (QED) is 0.695.